The summed E-state index contributed by atoms with van der Waals surface area (Å²) in [6.45, 7) is 6.99. The molecule has 0 aliphatic heterocycles. The fourth-order valence-electron chi connectivity index (χ4n) is 3.15. The van der Waals surface area contributed by atoms with Crippen molar-refractivity contribution in [2.45, 2.75) is 52.0 Å². The summed E-state index contributed by atoms with van der Waals surface area (Å²) in [7, 11) is 1.64. The molecule has 0 aliphatic carbocycles. The van der Waals surface area contributed by atoms with Gasteiger partial charge in [-0.3, -0.25) is 9.59 Å². The molecule has 2 amide bonds. The predicted octanol–water partition coefficient (Wildman–Crippen LogP) is 4.57. The van der Waals surface area contributed by atoms with Gasteiger partial charge in [-0.1, -0.05) is 49.7 Å². The van der Waals surface area contributed by atoms with Crippen LogP contribution in [0.3, 0.4) is 0 Å². The fourth-order valence-corrected chi connectivity index (χ4v) is 4.02. The molecule has 0 spiro atoms. The number of nitrogens with one attached hydrogen (secondary N) is 1. The van der Waals surface area contributed by atoms with Gasteiger partial charge in [-0.15, -0.1) is 11.8 Å². The molecule has 31 heavy (non-hydrogen) atoms. The number of benzene rings is 2. The Kier molecular flexibility index (Phi) is 10.4. The lowest BCUT2D eigenvalue weighted by molar-refractivity contribution is -0.138. The van der Waals surface area contributed by atoms with Gasteiger partial charge in [0.05, 0.1) is 12.9 Å². The number of hydrogen-bond donors (Lipinski definition) is 1. The molecule has 5 nitrogen and oxygen atoms in total. The standard InChI is InChI=1S/C25H34N2O3S/c1-5-6-15-26-25(29)20(3)27(16-22-10-8-7-9-19(22)2)24(28)18-31-17-21-11-13-23(30-4)14-12-21/h7-14,20H,5-6,15-18H2,1-4H3,(H,26,29)/t20-/m1/s1. The lowest BCUT2D eigenvalue weighted by Crippen LogP contribution is -2.48. The Bertz CT molecular complexity index is 839. The molecule has 2 rings (SSSR count). The number of rotatable bonds is 12. The SMILES string of the molecule is CCCCNC(=O)[C@@H](C)N(Cc1ccccc1C)C(=O)CSCc1ccc(OC)cc1. The molecule has 2 aromatic carbocycles. The first-order valence-corrected chi connectivity index (χ1v) is 11.9. The largest absolute Gasteiger partial charge is 0.497 e. The second-order valence-corrected chi connectivity index (χ2v) is 8.60. The van der Waals surface area contributed by atoms with E-state index in [-0.39, 0.29) is 11.8 Å². The third kappa shape index (κ3) is 7.94. The molecule has 6 heteroatoms. The first-order chi connectivity index (χ1) is 15.0. The zero-order chi connectivity index (χ0) is 22.6. The lowest BCUT2D eigenvalue weighted by Gasteiger charge is -2.29. The maximum absolute atomic E-state index is 13.1. The van der Waals surface area contributed by atoms with Crippen LogP contribution < -0.4 is 10.1 Å². The Labute approximate surface area is 190 Å². The molecular weight excluding hydrogens is 408 g/mol. The van der Waals surface area contributed by atoms with Crippen molar-refractivity contribution in [2.75, 3.05) is 19.4 Å². The number of nitrogens with zero attached hydrogens (tertiary/aromatic N) is 1. The van der Waals surface area contributed by atoms with Crippen molar-refractivity contribution in [1.82, 2.24) is 10.2 Å². The second-order valence-electron chi connectivity index (χ2n) is 7.61. The zero-order valence-corrected chi connectivity index (χ0v) is 19.8. The fraction of sp³-hybridized carbons (Fsp3) is 0.440. The van der Waals surface area contributed by atoms with Crippen LogP contribution in [0, 0.1) is 6.92 Å². The molecule has 0 unspecified atom stereocenters. The van der Waals surface area contributed by atoms with Crippen molar-refractivity contribution in [3.05, 3.63) is 65.2 Å². The summed E-state index contributed by atoms with van der Waals surface area (Å²) in [4.78, 5) is 27.5. The molecule has 0 bridgehead atoms. The number of aryl methyl sites for hydroxylation is 1. The van der Waals surface area contributed by atoms with Gasteiger partial charge in [0.2, 0.25) is 11.8 Å². The van der Waals surface area contributed by atoms with Gasteiger partial charge in [0.1, 0.15) is 11.8 Å². The molecule has 2 aromatic rings. The van der Waals surface area contributed by atoms with Crippen molar-refractivity contribution in [3.8, 4) is 5.75 Å². The lowest BCUT2D eigenvalue weighted by atomic mass is 10.1. The van der Waals surface area contributed by atoms with Crippen LogP contribution in [-0.4, -0.2) is 42.2 Å². The second kappa shape index (κ2) is 13.1. The topological polar surface area (TPSA) is 58.6 Å². The first-order valence-electron chi connectivity index (χ1n) is 10.8. The summed E-state index contributed by atoms with van der Waals surface area (Å²) in [5.74, 6) is 1.74. The summed E-state index contributed by atoms with van der Waals surface area (Å²) < 4.78 is 5.19. The molecule has 0 fully saturated rings. The van der Waals surface area contributed by atoms with Crippen LogP contribution in [0.15, 0.2) is 48.5 Å². The monoisotopic (exact) mass is 442 g/mol. The van der Waals surface area contributed by atoms with E-state index in [0.29, 0.717) is 18.8 Å². The summed E-state index contributed by atoms with van der Waals surface area (Å²) in [5.41, 5.74) is 3.31. The van der Waals surface area contributed by atoms with Gasteiger partial charge in [-0.05, 0) is 49.1 Å². The molecule has 1 atom stereocenters. The van der Waals surface area contributed by atoms with E-state index in [1.54, 1.807) is 23.8 Å². The summed E-state index contributed by atoms with van der Waals surface area (Å²) in [6, 6.07) is 15.3. The first kappa shape index (κ1) is 24.8. The quantitative estimate of drug-likeness (QED) is 0.489. The molecule has 0 aliphatic rings. The number of unbranched alkanes of at least 4 members (excludes halogenated alkanes) is 1. The summed E-state index contributed by atoms with van der Waals surface area (Å²) in [5, 5.41) is 2.96. The molecule has 0 saturated carbocycles. The Morgan fingerprint density at radius 3 is 2.48 bits per heavy atom. The Balaban J connectivity index is 2.03. The van der Waals surface area contributed by atoms with E-state index < -0.39 is 6.04 Å². The minimum absolute atomic E-state index is 0.0279. The maximum atomic E-state index is 13.1. The van der Waals surface area contributed by atoms with Crippen LogP contribution in [0.1, 0.15) is 43.4 Å². The molecule has 0 aromatic heterocycles. The van der Waals surface area contributed by atoms with Crippen LogP contribution in [0.5, 0.6) is 5.75 Å². The molecule has 0 heterocycles. The highest BCUT2D eigenvalue weighted by molar-refractivity contribution is 7.99. The Morgan fingerprint density at radius 1 is 1.13 bits per heavy atom. The minimum Gasteiger partial charge on any atom is -0.497 e. The number of carbonyl (C=O) groups excluding carboxylic acids is 2. The number of amides is 2. The normalized spacial score (nSPS) is 11.6. The van der Waals surface area contributed by atoms with Crippen molar-refractivity contribution in [2.24, 2.45) is 0 Å². The highest BCUT2D eigenvalue weighted by atomic mass is 32.2. The van der Waals surface area contributed by atoms with Gasteiger partial charge >= 0.3 is 0 Å². The maximum Gasteiger partial charge on any atom is 0.242 e. The predicted molar refractivity (Wildman–Crippen MR) is 128 cm³/mol. The highest BCUT2D eigenvalue weighted by Crippen LogP contribution is 2.19. The Morgan fingerprint density at radius 2 is 1.84 bits per heavy atom. The summed E-state index contributed by atoms with van der Waals surface area (Å²) in [6.07, 6.45) is 1.95. The molecule has 168 valence electrons. The van der Waals surface area contributed by atoms with Gasteiger partial charge in [0.25, 0.3) is 0 Å². The number of methoxy groups -OCH3 is 1. The number of hydrogen-bond acceptors (Lipinski definition) is 4. The highest BCUT2D eigenvalue weighted by Gasteiger charge is 2.26. The van der Waals surface area contributed by atoms with Gasteiger partial charge < -0.3 is 15.0 Å². The molecule has 0 saturated heterocycles. The number of ether oxygens (including phenoxy) is 1. The molecular formula is C25H34N2O3S. The van der Waals surface area contributed by atoms with Gasteiger partial charge in [0, 0.05) is 18.8 Å². The van der Waals surface area contributed by atoms with Crippen LogP contribution in [0.4, 0.5) is 0 Å². The van der Waals surface area contributed by atoms with E-state index in [2.05, 4.69) is 12.2 Å². The average Bonchev–Trinajstić information content (AvgIpc) is 2.78. The number of carbonyl (C=O) groups is 2. The van der Waals surface area contributed by atoms with E-state index in [9.17, 15) is 9.59 Å². The van der Waals surface area contributed by atoms with Crippen molar-refractivity contribution < 1.29 is 14.3 Å². The van der Waals surface area contributed by atoms with Gasteiger partial charge in [-0.2, -0.15) is 0 Å². The van der Waals surface area contributed by atoms with Crippen molar-refractivity contribution in [1.29, 1.82) is 0 Å². The van der Waals surface area contributed by atoms with Crippen molar-refractivity contribution in [3.63, 3.8) is 0 Å². The third-order valence-corrected chi connectivity index (χ3v) is 6.24. The van der Waals surface area contributed by atoms with Gasteiger partial charge in [0.15, 0.2) is 0 Å². The van der Waals surface area contributed by atoms with E-state index in [4.69, 9.17) is 4.74 Å². The third-order valence-electron chi connectivity index (χ3n) is 5.25. The van der Waals surface area contributed by atoms with Crippen LogP contribution in [0.25, 0.3) is 0 Å². The van der Waals surface area contributed by atoms with E-state index in [1.807, 2.05) is 62.4 Å². The Hall–Kier alpha value is -2.47. The number of thioether (sulfide) groups is 1. The van der Waals surface area contributed by atoms with E-state index in [0.717, 1.165) is 41.0 Å². The average molecular weight is 443 g/mol. The van der Waals surface area contributed by atoms with E-state index >= 15 is 0 Å². The molecule has 1 N–H and O–H groups in total. The van der Waals surface area contributed by atoms with Crippen molar-refractivity contribution >= 4 is 23.6 Å². The minimum atomic E-state index is -0.523. The van der Waals surface area contributed by atoms with Gasteiger partial charge in [-0.25, -0.2) is 0 Å². The van der Waals surface area contributed by atoms with Crippen LogP contribution in [0.2, 0.25) is 0 Å². The van der Waals surface area contributed by atoms with Crippen LogP contribution >= 0.6 is 11.8 Å². The van der Waals surface area contributed by atoms with E-state index in [1.165, 1.54) is 0 Å². The summed E-state index contributed by atoms with van der Waals surface area (Å²) >= 11 is 1.56. The smallest absolute Gasteiger partial charge is 0.242 e. The zero-order valence-electron chi connectivity index (χ0n) is 19.0. The molecule has 0 radical (unpaired) electrons. The van der Waals surface area contributed by atoms with Crippen LogP contribution in [-0.2, 0) is 21.9 Å².